The summed E-state index contributed by atoms with van der Waals surface area (Å²) < 4.78 is 2.17. The Hall–Kier alpha value is -1.35. The maximum absolute atomic E-state index is 11.5. The van der Waals surface area contributed by atoms with Crippen molar-refractivity contribution in [3.8, 4) is 0 Å². The van der Waals surface area contributed by atoms with E-state index in [9.17, 15) is 4.79 Å². The van der Waals surface area contributed by atoms with Crippen LogP contribution in [0.15, 0.2) is 25.8 Å². The minimum atomic E-state index is -0.225. The Labute approximate surface area is 115 Å². The van der Waals surface area contributed by atoms with Crippen LogP contribution in [0.25, 0.3) is 0 Å². The van der Waals surface area contributed by atoms with Crippen molar-refractivity contribution in [2.24, 2.45) is 0 Å². The minimum Gasteiger partial charge on any atom is -0.383 e. The monoisotopic (exact) mass is 330 g/mol. The molecule has 2 rings (SSSR count). The normalized spacial score (nSPS) is 10.8. The van der Waals surface area contributed by atoms with E-state index in [2.05, 4.69) is 36.1 Å². The first-order chi connectivity index (χ1) is 8.63. The first-order valence-electron chi connectivity index (χ1n) is 5.22. The van der Waals surface area contributed by atoms with Gasteiger partial charge in [0.15, 0.2) is 5.16 Å². The predicted molar refractivity (Wildman–Crippen MR) is 71.4 cm³/mol. The summed E-state index contributed by atoms with van der Waals surface area (Å²) in [6.45, 7) is 2.60. The summed E-state index contributed by atoms with van der Waals surface area (Å²) in [6, 6.07) is 0. The van der Waals surface area contributed by atoms with Crippen molar-refractivity contribution >= 4 is 33.5 Å². The molecule has 96 valence electrons. The average molecular weight is 331 g/mol. The highest BCUT2D eigenvalue weighted by Gasteiger charge is 2.13. The summed E-state index contributed by atoms with van der Waals surface area (Å²) in [5.74, 6) is 0.354. The molecule has 7 nitrogen and oxygen atoms in total. The van der Waals surface area contributed by atoms with Crippen LogP contribution in [0.4, 0.5) is 5.82 Å². The lowest BCUT2D eigenvalue weighted by Crippen LogP contribution is -2.17. The summed E-state index contributed by atoms with van der Waals surface area (Å²) in [5, 5.41) is 7.57. The second kappa shape index (κ2) is 5.53. The molecule has 0 fully saturated rings. The number of aromatic nitrogens is 5. The first kappa shape index (κ1) is 13.1. The minimum absolute atomic E-state index is 0.225. The molecule has 0 bridgehead atoms. The summed E-state index contributed by atoms with van der Waals surface area (Å²) in [4.78, 5) is 19.5. The van der Waals surface area contributed by atoms with Crippen molar-refractivity contribution in [2.45, 2.75) is 30.1 Å². The van der Waals surface area contributed by atoms with E-state index in [1.807, 2.05) is 6.92 Å². The number of nitrogens with one attached hydrogen (secondary N) is 1. The maximum atomic E-state index is 11.5. The molecular weight excluding hydrogens is 320 g/mol. The molecule has 9 heteroatoms. The number of nitrogens with zero attached hydrogens (tertiary/aromatic N) is 4. The van der Waals surface area contributed by atoms with Crippen molar-refractivity contribution in [1.29, 1.82) is 0 Å². The van der Waals surface area contributed by atoms with Gasteiger partial charge in [0.25, 0.3) is 0 Å². The second-order valence-electron chi connectivity index (χ2n) is 3.44. The Bertz CT molecular complexity index is 609. The number of nitrogen functional groups attached to an aromatic ring is 1. The zero-order chi connectivity index (χ0) is 13.1. The number of halogens is 1. The molecule has 18 heavy (non-hydrogen) atoms. The quantitative estimate of drug-likeness (QED) is 0.818. The van der Waals surface area contributed by atoms with Gasteiger partial charge in [0.2, 0.25) is 0 Å². The smallest absolute Gasteiger partial charge is 0.343 e. The lowest BCUT2D eigenvalue weighted by atomic mass is 10.5. The third-order valence-electron chi connectivity index (χ3n) is 2.14. The molecule has 0 atom stereocenters. The molecule has 2 aromatic rings. The van der Waals surface area contributed by atoms with Crippen LogP contribution in [-0.4, -0.2) is 24.7 Å². The molecule has 0 aliphatic carbocycles. The van der Waals surface area contributed by atoms with Crippen LogP contribution in [0.5, 0.6) is 0 Å². The van der Waals surface area contributed by atoms with Crippen LogP contribution < -0.4 is 11.4 Å². The van der Waals surface area contributed by atoms with Crippen molar-refractivity contribution in [3.63, 3.8) is 0 Å². The number of H-pyrrole nitrogens is 1. The summed E-state index contributed by atoms with van der Waals surface area (Å²) in [5.41, 5.74) is 5.44. The SMILES string of the molecule is CCCn1c(Sc2ncnc(N)c2Br)n[nH]c1=O. The molecule has 0 aromatic carbocycles. The fourth-order valence-corrected chi connectivity index (χ4v) is 2.62. The van der Waals surface area contributed by atoms with Crippen molar-refractivity contribution in [2.75, 3.05) is 5.73 Å². The van der Waals surface area contributed by atoms with E-state index in [4.69, 9.17) is 5.73 Å². The van der Waals surface area contributed by atoms with Gasteiger partial charge >= 0.3 is 5.69 Å². The standard InChI is InChI=1S/C9H11BrN6OS/c1-2-3-16-8(17)14-15-9(16)18-7-5(10)6(11)12-4-13-7/h4H,2-3H2,1H3,(H,14,17)(H2,11,12,13). The molecule has 0 saturated carbocycles. The molecule has 2 aromatic heterocycles. The van der Waals surface area contributed by atoms with Crippen LogP contribution in [0.1, 0.15) is 13.3 Å². The van der Waals surface area contributed by atoms with E-state index in [0.29, 0.717) is 27.0 Å². The highest BCUT2D eigenvalue weighted by atomic mass is 79.9. The second-order valence-corrected chi connectivity index (χ2v) is 5.19. The van der Waals surface area contributed by atoms with Gasteiger partial charge in [-0.3, -0.25) is 4.57 Å². The van der Waals surface area contributed by atoms with Crippen LogP contribution in [-0.2, 0) is 6.54 Å². The largest absolute Gasteiger partial charge is 0.383 e. The Kier molecular flexibility index (Phi) is 4.02. The lowest BCUT2D eigenvalue weighted by Gasteiger charge is -2.05. The zero-order valence-electron chi connectivity index (χ0n) is 9.55. The number of hydrogen-bond donors (Lipinski definition) is 2. The van der Waals surface area contributed by atoms with E-state index in [1.165, 1.54) is 18.1 Å². The number of rotatable bonds is 4. The van der Waals surface area contributed by atoms with Gasteiger partial charge in [-0.25, -0.2) is 19.9 Å². The third-order valence-corrected chi connectivity index (χ3v) is 4.18. The number of aromatic amines is 1. The number of anilines is 1. The number of hydrogen-bond acceptors (Lipinski definition) is 6. The summed E-state index contributed by atoms with van der Waals surface area (Å²) in [6.07, 6.45) is 2.22. The highest BCUT2D eigenvalue weighted by molar-refractivity contribution is 9.10. The number of nitrogens with two attached hydrogens (primary N) is 1. The third kappa shape index (κ3) is 2.56. The molecule has 0 unspecified atom stereocenters. The fourth-order valence-electron chi connectivity index (χ4n) is 1.33. The van der Waals surface area contributed by atoms with Crippen molar-refractivity contribution in [1.82, 2.24) is 24.7 Å². The van der Waals surface area contributed by atoms with E-state index < -0.39 is 0 Å². The Morgan fingerprint density at radius 1 is 1.56 bits per heavy atom. The highest BCUT2D eigenvalue weighted by Crippen LogP contribution is 2.32. The predicted octanol–water partition coefficient (Wildman–Crippen LogP) is 1.27. The molecule has 2 heterocycles. The molecule has 3 N–H and O–H groups in total. The molecule has 0 saturated heterocycles. The van der Waals surface area contributed by atoms with Crippen LogP contribution >= 0.6 is 27.7 Å². The maximum Gasteiger partial charge on any atom is 0.343 e. The van der Waals surface area contributed by atoms with Crippen LogP contribution in [0.2, 0.25) is 0 Å². The van der Waals surface area contributed by atoms with E-state index >= 15 is 0 Å². The Morgan fingerprint density at radius 2 is 2.33 bits per heavy atom. The van der Waals surface area contributed by atoms with Gasteiger partial charge in [0, 0.05) is 6.54 Å². The van der Waals surface area contributed by atoms with E-state index in [1.54, 1.807) is 4.57 Å². The van der Waals surface area contributed by atoms with Gasteiger partial charge in [-0.05, 0) is 34.1 Å². The molecule has 0 radical (unpaired) electrons. The molecule has 0 amide bonds. The Balaban J connectivity index is 2.34. The van der Waals surface area contributed by atoms with Crippen LogP contribution in [0, 0.1) is 0 Å². The Morgan fingerprint density at radius 3 is 3.06 bits per heavy atom. The topological polar surface area (TPSA) is 102 Å². The zero-order valence-corrected chi connectivity index (χ0v) is 12.0. The summed E-state index contributed by atoms with van der Waals surface area (Å²) >= 11 is 4.57. The average Bonchev–Trinajstić information content (AvgIpc) is 2.68. The summed E-state index contributed by atoms with van der Waals surface area (Å²) in [7, 11) is 0. The fraction of sp³-hybridized carbons (Fsp3) is 0.333. The lowest BCUT2D eigenvalue weighted by molar-refractivity contribution is 0.603. The van der Waals surface area contributed by atoms with Gasteiger partial charge in [0.1, 0.15) is 17.2 Å². The van der Waals surface area contributed by atoms with Gasteiger partial charge in [-0.2, -0.15) is 0 Å². The van der Waals surface area contributed by atoms with Gasteiger partial charge in [-0.1, -0.05) is 6.92 Å². The molecular formula is C9H11BrN6OS. The van der Waals surface area contributed by atoms with Crippen LogP contribution in [0.3, 0.4) is 0 Å². The first-order valence-corrected chi connectivity index (χ1v) is 6.83. The molecule has 0 spiro atoms. The van der Waals surface area contributed by atoms with Gasteiger partial charge in [-0.15, -0.1) is 5.10 Å². The van der Waals surface area contributed by atoms with E-state index in [-0.39, 0.29) is 5.69 Å². The van der Waals surface area contributed by atoms with Crippen molar-refractivity contribution in [3.05, 3.63) is 21.3 Å². The van der Waals surface area contributed by atoms with Gasteiger partial charge < -0.3 is 5.73 Å². The van der Waals surface area contributed by atoms with E-state index in [0.717, 1.165) is 6.42 Å². The molecule has 0 aliphatic heterocycles. The van der Waals surface area contributed by atoms with Gasteiger partial charge in [0.05, 0.1) is 4.47 Å². The van der Waals surface area contributed by atoms with Crippen molar-refractivity contribution < 1.29 is 0 Å². The molecule has 0 aliphatic rings.